The Bertz CT molecular complexity index is 288. The molecule has 0 aliphatic rings. The standard InChI is InChI=1S/C11H22O4S.Li/c1-2-3-4-5-6-7-8-9-10-11(12)16(13,14)15;/h2-10H2,1H3,(H,13,14,15);/q;+1/p-1. The van der Waals surface area contributed by atoms with E-state index in [2.05, 4.69) is 6.92 Å². The van der Waals surface area contributed by atoms with Gasteiger partial charge in [0.15, 0.2) is 10.1 Å². The minimum atomic E-state index is -4.70. The Labute approximate surface area is 116 Å². The second kappa shape index (κ2) is 11.3. The molecule has 0 aromatic rings. The van der Waals surface area contributed by atoms with E-state index in [9.17, 15) is 17.8 Å². The molecular weight excluding hydrogens is 235 g/mol. The average Bonchev–Trinajstić information content (AvgIpc) is 2.20. The van der Waals surface area contributed by atoms with E-state index in [4.69, 9.17) is 0 Å². The molecule has 17 heavy (non-hydrogen) atoms. The van der Waals surface area contributed by atoms with Crippen LogP contribution in [0, 0.1) is 0 Å². The third-order valence-electron chi connectivity index (χ3n) is 2.51. The van der Waals surface area contributed by atoms with Crippen molar-refractivity contribution in [1.29, 1.82) is 0 Å². The average molecular weight is 256 g/mol. The molecule has 0 N–H and O–H groups in total. The topological polar surface area (TPSA) is 74.3 Å². The van der Waals surface area contributed by atoms with Crippen molar-refractivity contribution < 1.29 is 36.6 Å². The van der Waals surface area contributed by atoms with Crippen molar-refractivity contribution in [2.45, 2.75) is 64.7 Å². The number of rotatable bonds is 9. The second-order valence-electron chi connectivity index (χ2n) is 4.05. The summed E-state index contributed by atoms with van der Waals surface area (Å²) in [6.45, 7) is 2.16. The first-order valence-corrected chi connectivity index (χ1v) is 7.38. The number of hydrogen-bond donors (Lipinski definition) is 0. The van der Waals surface area contributed by atoms with Crippen LogP contribution in [0.25, 0.3) is 0 Å². The van der Waals surface area contributed by atoms with Gasteiger partial charge < -0.3 is 4.55 Å². The van der Waals surface area contributed by atoms with Gasteiger partial charge in [-0.2, -0.15) is 0 Å². The third kappa shape index (κ3) is 12.4. The molecule has 0 spiro atoms. The zero-order valence-corrected chi connectivity index (χ0v) is 11.7. The fourth-order valence-electron chi connectivity index (χ4n) is 1.53. The molecule has 0 saturated carbocycles. The molecule has 96 valence electrons. The maximum atomic E-state index is 10.7. The van der Waals surface area contributed by atoms with E-state index in [1.54, 1.807) is 0 Å². The van der Waals surface area contributed by atoms with Gasteiger partial charge in [0.25, 0.3) is 0 Å². The summed E-state index contributed by atoms with van der Waals surface area (Å²) in [4.78, 5) is 10.7. The summed E-state index contributed by atoms with van der Waals surface area (Å²) in [6, 6.07) is 0. The Balaban J connectivity index is 0. The zero-order valence-electron chi connectivity index (χ0n) is 10.9. The number of hydrogen-bond acceptors (Lipinski definition) is 4. The summed E-state index contributed by atoms with van der Waals surface area (Å²) in [7, 11) is -4.70. The molecule has 0 unspecified atom stereocenters. The minimum absolute atomic E-state index is 0. The van der Waals surface area contributed by atoms with Crippen molar-refractivity contribution >= 4 is 15.2 Å². The molecule has 0 amide bonds. The molecule has 0 atom stereocenters. The quantitative estimate of drug-likeness (QED) is 0.319. The van der Waals surface area contributed by atoms with Crippen LogP contribution in [0.15, 0.2) is 0 Å². The van der Waals surface area contributed by atoms with Crippen LogP contribution in [0.5, 0.6) is 0 Å². The van der Waals surface area contributed by atoms with E-state index in [0.717, 1.165) is 19.3 Å². The first-order chi connectivity index (χ1) is 7.48. The summed E-state index contributed by atoms with van der Waals surface area (Å²) in [5.74, 6) is 0. The van der Waals surface area contributed by atoms with Gasteiger partial charge in [0, 0.05) is 6.42 Å². The van der Waals surface area contributed by atoms with Gasteiger partial charge in [0.05, 0.1) is 0 Å². The van der Waals surface area contributed by atoms with Crippen molar-refractivity contribution in [2.75, 3.05) is 0 Å². The third-order valence-corrected chi connectivity index (χ3v) is 3.28. The fourth-order valence-corrected chi connectivity index (χ4v) is 1.92. The minimum Gasteiger partial charge on any atom is -0.742 e. The largest absolute Gasteiger partial charge is 1.00 e. The SMILES string of the molecule is CCCCCCCCCCC(=O)S(=O)(=O)[O-].[Li+]. The van der Waals surface area contributed by atoms with Crippen molar-refractivity contribution in [3.8, 4) is 0 Å². The predicted molar refractivity (Wildman–Crippen MR) is 61.9 cm³/mol. The van der Waals surface area contributed by atoms with Crippen molar-refractivity contribution in [3.05, 3.63) is 0 Å². The Hall–Kier alpha value is 0.177. The predicted octanol–water partition coefficient (Wildman–Crippen LogP) is -0.407. The Morgan fingerprint density at radius 2 is 1.35 bits per heavy atom. The van der Waals surface area contributed by atoms with Gasteiger partial charge in [-0.15, -0.1) is 0 Å². The van der Waals surface area contributed by atoms with Gasteiger partial charge in [-0.05, 0) is 6.42 Å². The molecule has 0 heterocycles. The smallest absolute Gasteiger partial charge is 0.742 e. The normalized spacial score (nSPS) is 10.9. The van der Waals surface area contributed by atoms with Gasteiger partial charge in [0.1, 0.15) is 0 Å². The number of carbonyl (C=O) groups excluding carboxylic acids is 1. The van der Waals surface area contributed by atoms with Gasteiger partial charge in [-0.25, -0.2) is 8.42 Å². The van der Waals surface area contributed by atoms with Gasteiger partial charge in [0.2, 0.25) is 5.12 Å². The van der Waals surface area contributed by atoms with Crippen LogP contribution in [0.2, 0.25) is 0 Å². The van der Waals surface area contributed by atoms with E-state index >= 15 is 0 Å². The Kier molecular flexibility index (Phi) is 12.9. The van der Waals surface area contributed by atoms with Crippen LogP contribution in [0.3, 0.4) is 0 Å². The molecule has 0 bridgehead atoms. The van der Waals surface area contributed by atoms with Gasteiger partial charge in [-0.3, -0.25) is 4.79 Å². The molecule has 0 aromatic carbocycles. The maximum absolute atomic E-state index is 10.7. The van der Waals surface area contributed by atoms with E-state index in [0.29, 0.717) is 6.42 Å². The molecule has 0 aromatic heterocycles. The fraction of sp³-hybridized carbons (Fsp3) is 0.909. The van der Waals surface area contributed by atoms with Crippen LogP contribution in [-0.2, 0) is 14.9 Å². The summed E-state index contributed by atoms with van der Waals surface area (Å²) in [5.41, 5.74) is 0. The molecule has 0 radical (unpaired) electrons. The van der Waals surface area contributed by atoms with Crippen molar-refractivity contribution in [2.24, 2.45) is 0 Å². The van der Waals surface area contributed by atoms with Gasteiger partial charge in [-0.1, -0.05) is 51.9 Å². The monoisotopic (exact) mass is 256 g/mol. The molecule has 0 aliphatic carbocycles. The van der Waals surface area contributed by atoms with Gasteiger partial charge >= 0.3 is 18.9 Å². The molecule has 0 rings (SSSR count). The van der Waals surface area contributed by atoms with E-state index in [-0.39, 0.29) is 25.3 Å². The number of carbonyl (C=O) groups is 1. The number of unbranched alkanes of at least 4 members (excludes halogenated alkanes) is 7. The molecule has 4 nitrogen and oxygen atoms in total. The molecule has 0 fully saturated rings. The molecular formula is C11H21LiO4S. The summed E-state index contributed by atoms with van der Waals surface area (Å²) < 4.78 is 30.8. The zero-order chi connectivity index (χ0) is 12.4. The van der Waals surface area contributed by atoms with Crippen LogP contribution in [0.1, 0.15) is 64.7 Å². The first-order valence-electron chi connectivity index (χ1n) is 5.97. The van der Waals surface area contributed by atoms with Crippen LogP contribution in [-0.4, -0.2) is 18.1 Å². The van der Waals surface area contributed by atoms with Crippen molar-refractivity contribution in [3.63, 3.8) is 0 Å². The van der Waals surface area contributed by atoms with E-state index in [1.807, 2.05) is 0 Å². The second-order valence-corrected chi connectivity index (χ2v) is 5.41. The van der Waals surface area contributed by atoms with Crippen LogP contribution < -0.4 is 18.9 Å². The van der Waals surface area contributed by atoms with Crippen LogP contribution >= 0.6 is 0 Å². The maximum Gasteiger partial charge on any atom is 1.00 e. The molecule has 0 aliphatic heterocycles. The Morgan fingerprint density at radius 3 is 1.76 bits per heavy atom. The summed E-state index contributed by atoms with van der Waals surface area (Å²) >= 11 is 0. The molecule has 0 saturated heterocycles. The first kappa shape index (κ1) is 19.5. The summed E-state index contributed by atoms with van der Waals surface area (Å²) in [6.07, 6.45) is 8.26. The summed E-state index contributed by atoms with van der Waals surface area (Å²) in [5, 5.41) is -1.17. The van der Waals surface area contributed by atoms with Crippen LogP contribution in [0.4, 0.5) is 0 Å². The van der Waals surface area contributed by atoms with Crippen molar-refractivity contribution in [1.82, 2.24) is 0 Å². The molecule has 6 heteroatoms. The Morgan fingerprint density at radius 1 is 0.941 bits per heavy atom. The van der Waals surface area contributed by atoms with E-state index < -0.39 is 15.2 Å². The van der Waals surface area contributed by atoms with E-state index in [1.165, 1.54) is 25.7 Å².